The van der Waals surface area contributed by atoms with E-state index in [-0.39, 0.29) is 24.9 Å². The highest BCUT2D eigenvalue weighted by Crippen LogP contribution is 2.18. The van der Waals surface area contributed by atoms with E-state index in [0.717, 1.165) is 57.8 Å². The molecular weight excluding hydrogens is 743 g/mol. The van der Waals surface area contributed by atoms with Crippen molar-refractivity contribution in [1.82, 2.24) is 5.32 Å². The van der Waals surface area contributed by atoms with Crippen LogP contribution >= 0.6 is 0 Å². The third-order valence-electron chi connectivity index (χ3n) is 12.3. The molecule has 0 bridgehead atoms. The van der Waals surface area contributed by atoms with Gasteiger partial charge in [-0.15, -0.1) is 0 Å². The first-order valence-electron chi connectivity index (χ1n) is 26.6. The minimum Gasteiger partial charge on any atom is -0.462 e. The molecule has 0 radical (unpaired) electrons. The number of hydrogen-bond acceptors (Lipinski definition) is 5. The Morgan fingerprint density at radius 2 is 0.800 bits per heavy atom. The van der Waals surface area contributed by atoms with E-state index in [1.165, 1.54) is 180 Å². The first-order chi connectivity index (χ1) is 29.5. The van der Waals surface area contributed by atoms with Gasteiger partial charge in [0.25, 0.3) is 0 Å². The molecule has 0 heterocycles. The molecule has 0 aliphatic heterocycles. The van der Waals surface area contributed by atoms with Crippen molar-refractivity contribution in [3.63, 3.8) is 0 Å². The number of esters is 1. The van der Waals surface area contributed by atoms with Crippen molar-refractivity contribution in [2.24, 2.45) is 0 Å². The van der Waals surface area contributed by atoms with Crippen LogP contribution in [0, 0.1) is 0 Å². The summed E-state index contributed by atoms with van der Waals surface area (Å²) in [4.78, 5) is 26.1. The molecule has 1 amide bonds. The normalized spacial score (nSPS) is 13.3. The second-order valence-corrected chi connectivity index (χ2v) is 18.3. The van der Waals surface area contributed by atoms with Crippen molar-refractivity contribution in [2.45, 2.75) is 302 Å². The van der Waals surface area contributed by atoms with Gasteiger partial charge in [-0.05, 0) is 77.0 Å². The summed E-state index contributed by atoms with van der Waals surface area (Å²) in [6, 6.07) is -0.700. The molecule has 3 atom stereocenters. The highest BCUT2D eigenvalue weighted by molar-refractivity contribution is 5.77. The highest BCUT2D eigenvalue weighted by atomic mass is 16.5. The Balaban J connectivity index is 4.56. The molecule has 3 N–H and O–H groups in total. The SMILES string of the molecule is CCCCC/C=C\CCCCCCCC(=O)OC(CCCCCCCCC/C=C/CCCCCCCC)CC(=O)NC(CO)C(O)CCCCCCCCCCCCCC. The lowest BCUT2D eigenvalue weighted by Gasteiger charge is -2.24. The standard InChI is InChI=1S/C54H103NO5/c1-4-7-10-13-16-19-22-25-26-27-28-29-30-33-36-39-42-45-50(60-54(59)47-44-41-38-35-32-24-21-18-15-12-9-6-3)48-53(58)55-51(49-56)52(57)46-43-40-37-34-31-23-20-17-14-11-8-5-2/h18,21,25-26,50-52,56-57H,4-17,19-20,22-24,27-49H2,1-3H3,(H,55,58)/b21-18-,26-25+. The van der Waals surface area contributed by atoms with E-state index in [9.17, 15) is 19.8 Å². The van der Waals surface area contributed by atoms with Crippen molar-refractivity contribution >= 4 is 11.9 Å². The van der Waals surface area contributed by atoms with Crippen LogP contribution in [0.1, 0.15) is 284 Å². The van der Waals surface area contributed by atoms with E-state index in [1.54, 1.807) is 0 Å². The molecule has 6 nitrogen and oxygen atoms in total. The van der Waals surface area contributed by atoms with Gasteiger partial charge in [-0.2, -0.15) is 0 Å². The van der Waals surface area contributed by atoms with Gasteiger partial charge in [-0.3, -0.25) is 9.59 Å². The van der Waals surface area contributed by atoms with Gasteiger partial charge < -0.3 is 20.3 Å². The molecule has 3 unspecified atom stereocenters. The first kappa shape index (κ1) is 58.3. The van der Waals surface area contributed by atoms with Crippen molar-refractivity contribution in [1.29, 1.82) is 0 Å². The molecule has 0 rings (SSSR count). The lowest BCUT2D eigenvalue weighted by molar-refractivity contribution is -0.151. The van der Waals surface area contributed by atoms with Crippen LogP contribution in [-0.2, 0) is 14.3 Å². The number of aliphatic hydroxyl groups excluding tert-OH is 2. The number of amides is 1. The van der Waals surface area contributed by atoms with E-state index in [1.807, 2.05) is 0 Å². The molecule has 354 valence electrons. The van der Waals surface area contributed by atoms with Gasteiger partial charge in [0.05, 0.1) is 25.2 Å². The predicted molar refractivity (Wildman–Crippen MR) is 260 cm³/mol. The summed E-state index contributed by atoms with van der Waals surface area (Å²) in [6.07, 6.45) is 55.2. The van der Waals surface area contributed by atoms with Crippen LogP contribution in [0.4, 0.5) is 0 Å². The Hall–Kier alpha value is -1.66. The molecule has 0 saturated carbocycles. The Morgan fingerprint density at radius 1 is 0.467 bits per heavy atom. The van der Waals surface area contributed by atoms with Gasteiger partial charge in [0.2, 0.25) is 5.91 Å². The molecule has 0 aliphatic rings. The van der Waals surface area contributed by atoms with Gasteiger partial charge in [0.1, 0.15) is 6.10 Å². The molecular formula is C54H103NO5. The second-order valence-electron chi connectivity index (χ2n) is 18.3. The third-order valence-corrected chi connectivity index (χ3v) is 12.3. The molecule has 6 heteroatoms. The Bertz CT molecular complexity index is 950. The monoisotopic (exact) mass is 846 g/mol. The Kier molecular flexibility index (Phi) is 47.0. The topological polar surface area (TPSA) is 95.9 Å². The summed E-state index contributed by atoms with van der Waals surface area (Å²) in [5, 5.41) is 23.8. The van der Waals surface area contributed by atoms with Crippen LogP contribution in [0.15, 0.2) is 24.3 Å². The molecule has 60 heavy (non-hydrogen) atoms. The fraction of sp³-hybridized carbons (Fsp3) is 0.889. The average molecular weight is 846 g/mol. The largest absolute Gasteiger partial charge is 0.462 e. The molecule has 0 spiro atoms. The summed E-state index contributed by atoms with van der Waals surface area (Å²) in [5.74, 6) is -0.476. The van der Waals surface area contributed by atoms with Crippen molar-refractivity contribution in [2.75, 3.05) is 6.61 Å². The average Bonchev–Trinajstić information content (AvgIpc) is 3.24. The van der Waals surface area contributed by atoms with Gasteiger partial charge >= 0.3 is 5.97 Å². The molecule has 0 aliphatic carbocycles. The zero-order valence-corrected chi connectivity index (χ0v) is 40.4. The summed E-state index contributed by atoms with van der Waals surface area (Å²) in [5.41, 5.74) is 0. The maximum absolute atomic E-state index is 13.2. The summed E-state index contributed by atoms with van der Waals surface area (Å²) < 4.78 is 5.93. The molecule has 0 fully saturated rings. The number of nitrogens with one attached hydrogen (secondary N) is 1. The maximum atomic E-state index is 13.2. The number of rotatable bonds is 48. The lowest BCUT2D eigenvalue weighted by Crippen LogP contribution is -2.46. The number of aliphatic hydroxyl groups is 2. The van der Waals surface area contributed by atoms with Crippen LogP contribution < -0.4 is 5.32 Å². The minimum absolute atomic E-state index is 0.0753. The molecule has 0 aromatic heterocycles. The van der Waals surface area contributed by atoms with Crippen LogP contribution in [0.25, 0.3) is 0 Å². The highest BCUT2D eigenvalue weighted by Gasteiger charge is 2.24. The number of carbonyl (C=O) groups is 2. The predicted octanol–water partition coefficient (Wildman–Crippen LogP) is 15.9. The summed E-state index contributed by atoms with van der Waals surface area (Å²) in [6.45, 7) is 6.47. The smallest absolute Gasteiger partial charge is 0.306 e. The Morgan fingerprint density at radius 3 is 1.22 bits per heavy atom. The summed E-state index contributed by atoms with van der Waals surface area (Å²) >= 11 is 0. The van der Waals surface area contributed by atoms with E-state index in [4.69, 9.17) is 4.74 Å². The molecule has 0 aromatic rings. The van der Waals surface area contributed by atoms with E-state index < -0.39 is 18.2 Å². The van der Waals surface area contributed by atoms with E-state index in [2.05, 4.69) is 50.4 Å². The van der Waals surface area contributed by atoms with Crippen molar-refractivity contribution in [3.8, 4) is 0 Å². The molecule has 0 aromatic carbocycles. The lowest BCUT2D eigenvalue weighted by atomic mass is 10.0. The van der Waals surface area contributed by atoms with Gasteiger partial charge in [0.15, 0.2) is 0 Å². The third kappa shape index (κ3) is 43.0. The van der Waals surface area contributed by atoms with Crippen LogP contribution in [0.3, 0.4) is 0 Å². The summed E-state index contributed by atoms with van der Waals surface area (Å²) in [7, 11) is 0. The van der Waals surface area contributed by atoms with Crippen molar-refractivity contribution in [3.05, 3.63) is 24.3 Å². The van der Waals surface area contributed by atoms with Gasteiger partial charge in [-0.1, -0.05) is 218 Å². The zero-order chi connectivity index (χ0) is 43.8. The number of unbranched alkanes of at least 4 members (excludes halogenated alkanes) is 32. The van der Waals surface area contributed by atoms with E-state index in [0.29, 0.717) is 19.3 Å². The molecule has 0 saturated heterocycles. The van der Waals surface area contributed by atoms with Crippen LogP contribution in [0.2, 0.25) is 0 Å². The van der Waals surface area contributed by atoms with Crippen LogP contribution in [0.5, 0.6) is 0 Å². The van der Waals surface area contributed by atoms with Crippen LogP contribution in [-0.4, -0.2) is 46.9 Å². The van der Waals surface area contributed by atoms with Gasteiger partial charge in [-0.25, -0.2) is 0 Å². The van der Waals surface area contributed by atoms with Crippen molar-refractivity contribution < 1.29 is 24.5 Å². The fourth-order valence-electron chi connectivity index (χ4n) is 8.19. The second kappa shape index (κ2) is 48.4. The minimum atomic E-state index is -0.786. The number of allylic oxidation sites excluding steroid dienone is 4. The fourth-order valence-corrected chi connectivity index (χ4v) is 8.19. The quantitative estimate of drug-likeness (QED) is 0.0322. The Labute approximate surface area is 373 Å². The number of carbonyl (C=O) groups excluding carboxylic acids is 2. The maximum Gasteiger partial charge on any atom is 0.306 e. The first-order valence-corrected chi connectivity index (χ1v) is 26.6. The van der Waals surface area contributed by atoms with Gasteiger partial charge in [0, 0.05) is 6.42 Å². The van der Waals surface area contributed by atoms with E-state index >= 15 is 0 Å². The number of ether oxygens (including phenoxy) is 1. The number of hydrogen-bond donors (Lipinski definition) is 3. The zero-order valence-electron chi connectivity index (χ0n) is 40.4.